The second-order valence-corrected chi connectivity index (χ2v) is 9.06. The van der Waals surface area contributed by atoms with Crippen LogP contribution in [0.3, 0.4) is 0 Å². The summed E-state index contributed by atoms with van der Waals surface area (Å²) in [4.78, 5) is 13.3. The SMILES string of the molecule is COc1cc2c(OC3CC(OC)CCO3)c3c(c(-c4ccc5c(c4)OCO5)c2cc1OC)C(=O)OCC3. The van der Waals surface area contributed by atoms with E-state index in [1.165, 1.54) is 0 Å². The average molecular weight is 509 g/mol. The molecule has 0 aromatic heterocycles. The third-order valence-corrected chi connectivity index (χ3v) is 7.10. The number of carbonyl (C=O) groups is 1. The van der Waals surface area contributed by atoms with Crippen LogP contribution in [-0.2, 0) is 20.6 Å². The molecule has 0 bridgehead atoms. The Morgan fingerprint density at radius 1 is 0.865 bits per heavy atom. The van der Waals surface area contributed by atoms with E-state index in [-0.39, 0.29) is 19.5 Å². The Labute approximate surface area is 214 Å². The number of rotatable bonds is 6. The fourth-order valence-corrected chi connectivity index (χ4v) is 5.26. The molecule has 6 rings (SSSR count). The second kappa shape index (κ2) is 9.64. The monoisotopic (exact) mass is 508 g/mol. The van der Waals surface area contributed by atoms with Crippen LogP contribution in [0, 0.1) is 0 Å². The predicted molar refractivity (Wildman–Crippen MR) is 133 cm³/mol. The van der Waals surface area contributed by atoms with Crippen LogP contribution >= 0.6 is 0 Å². The number of ether oxygens (including phenoxy) is 8. The Balaban J connectivity index is 1.62. The summed E-state index contributed by atoms with van der Waals surface area (Å²) in [6.07, 6.45) is 1.39. The maximum Gasteiger partial charge on any atom is 0.339 e. The number of hydrogen-bond acceptors (Lipinski definition) is 9. The van der Waals surface area contributed by atoms with Gasteiger partial charge >= 0.3 is 5.97 Å². The van der Waals surface area contributed by atoms with Gasteiger partial charge in [-0.3, -0.25) is 0 Å². The molecule has 9 heteroatoms. The number of cyclic esters (lactones) is 1. The van der Waals surface area contributed by atoms with Gasteiger partial charge in [-0.15, -0.1) is 0 Å². The van der Waals surface area contributed by atoms with Gasteiger partial charge in [-0.1, -0.05) is 6.07 Å². The summed E-state index contributed by atoms with van der Waals surface area (Å²) in [6, 6.07) is 9.38. The molecule has 0 aliphatic carbocycles. The molecule has 0 N–H and O–H groups in total. The van der Waals surface area contributed by atoms with Crippen molar-refractivity contribution in [2.75, 3.05) is 41.3 Å². The summed E-state index contributed by atoms with van der Waals surface area (Å²) in [5, 5.41) is 1.53. The van der Waals surface area contributed by atoms with Crippen molar-refractivity contribution in [1.29, 1.82) is 0 Å². The smallest absolute Gasteiger partial charge is 0.339 e. The first-order chi connectivity index (χ1) is 18.1. The summed E-state index contributed by atoms with van der Waals surface area (Å²) >= 11 is 0. The fraction of sp³-hybridized carbons (Fsp3) is 0.393. The molecule has 0 spiro atoms. The minimum atomic E-state index is -0.520. The topological polar surface area (TPSA) is 90.9 Å². The van der Waals surface area contributed by atoms with Crippen molar-refractivity contribution in [2.45, 2.75) is 31.7 Å². The van der Waals surface area contributed by atoms with Gasteiger partial charge in [0.05, 0.1) is 39.1 Å². The van der Waals surface area contributed by atoms with Crippen LogP contribution in [0.15, 0.2) is 30.3 Å². The Morgan fingerprint density at radius 3 is 2.43 bits per heavy atom. The predicted octanol–water partition coefficient (Wildman–Crippen LogP) is 4.50. The van der Waals surface area contributed by atoms with E-state index in [1.807, 2.05) is 30.3 Å². The van der Waals surface area contributed by atoms with Gasteiger partial charge in [0.1, 0.15) is 5.75 Å². The zero-order valence-corrected chi connectivity index (χ0v) is 21.0. The summed E-state index contributed by atoms with van der Waals surface area (Å²) in [5.41, 5.74) is 2.72. The normalized spacial score (nSPS) is 20.4. The summed E-state index contributed by atoms with van der Waals surface area (Å²) in [7, 11) is 4.86. The van der Waals surface area contributed by atoms with Crippen LogP contribution in [0.1, 0.15) is 28.8 Å². The molecular formula is C28H28O9. The summed E-state index contributed by atoms with van der Waals surface area (Å²) < 4.78 is 46.0. The number of fused-ring (bicyclic) bond motifs is 3. The van der Waals surface area contributed by atoms with Crippen molar-refractivity contribution < 1.29 is 42.7 Å². The van der Waals surface area contributed by atoms with E-state index in [1.54, 1.807) is 21.3 Å². The van der Waals surface area contributed by atoms with Crippen LogP contribution in [0.25, 0.3) is 21.9 Å². The largest absolute Gasteiger partial charge is 0.493 e. The molecule has 0 amide bonds. The van der Waals surface area contributed by atoms with Crippen molar-refractivity contribution in [3.8, 4) is 39.9 Å². The van der Waals surface area contributed by atoms with E-state index >= 15 is 0 Å². The third-order valence-electron chi connectivity index (χ3n) is 7.10. The number of hydrogen-bond donors (Lipinski definition) is 0. The number of benzene rings is 3. The van der Waals surface area contributed by atoms with Crippen molar-refractivity contribution in [3.63, 3.8) is 0 Å². The zero-order chi connectivity index (χ0) is 25.5. The minimum absolute atomic E-state index is 0.0355. The highest BCUT2D eigenvalue weighted by Gasteiger charge is 2.33. The summed E-state index contributed by atoms with van der Waals surface area (Å²) in [5.74, 6) is 2.52. The van der Waals surface area contributed by atoms with Crippen molar-refractivity contribution in [1.82, 2.24) is 0 Å². The van der Waals surface area contributed by atoms with Crippen LogP contribution < -0.4 is 23.7 Å². The third kappa shape index (κ3) is 4.08. The minimum Gasteiger partial charge on any atom is -0.493 e. The molecule has 3 aliphatic heterocycles. The van der Waals surface area contributed by atoms with E-state index in [0.717, 1.165) is 28.3 Å². The highest BCUT2D eigenvalue weighted by atomic mass is 16.7. The van der Waals surface area contributed by atoms with E-state index in [2.05, 4.69) is 0 Å². The molecule has 3 heterocycles. The van der Waals surface area contributed by atoms with E-state index in [4.69, 9.17) is 37.9 Å². The lowest BCUT2D eigenvalue weighted by atomic mass is 9.86. The highest BCUT2D eigenvalue weighted by molar-refractivity contribution is 6.13. The van der Waals surface area contributed by atoms with Gasteiger partial charge in [-0.05, 0) is 41.6 Å². The first-order valence-electron chi connectivity index (χ1n) is 12.2. The quantitative estimate of drug-likeness (QED) is 0.447. The molecule has 37 heavy (non-hydrogen) atoms. The van der Waals surface area contributed by atoms with Crippen molar-refractivity contribution >= 4 is 16.7 Å². The van der Waals surface area contributed by atoms with E-state index < -0.39 is 12.3 Å². The molecule has 3 aromatic carbocycles. The lowest BCUT2D eigenvalue weighted by molar-refractivity contribution is -0.143. The zero-order valence-electron chi connectivity index (χ0n) is 21.0. The Bertz CT molecular complexity index is 1370. The molecule has 194 valence electrons. The standard InChI is InChI=1S/C28H28O9/c1-30-16-6-8-33-24(11-16)37-27-17-7-9-34-28(29)26(17)25(15-4-5-20-23(10-15)36-14-35-20)18-12-21(31-2)22(32-3)13-19(18)27/h4-5,10,12-13,16,24H,6-9,11,14H2,1-3H3. The molecule has 3 aromatic rings. The molecule has 3 aliphatic rings. The Morgan fingerprint density at radius 2 is 1.65 bits per heavy atom. The highest BCUT2D eigenvalue weighted by Crippen LogP contribution is 2.49. The van der Waals surface area contributed by atoms with Crippen molar-refractivity contribution in [2.24, 2.45) is 0 Å². The van der Waals surface area contributed by atoms with Gasteiger partial charge in [0, 0.05) is 36.5 Å². The van der Waals surface area contributed by atoms with Gasteiger partial charge in [0.2, 0.25) is 13.1 Å². The van der Waals surface area contributed by atoms with Crippen molar-refractivity contribution in [3.05, 3.63) is 41.5 Å². The number of methoxy groups -OCH3 is 3. The lowest BCUT2D eigenvalue weighted by Crippen LogP contribution is -2.34. The molecule has 2 unspecified atom stereocenters. The van der Waals surface area contributed by atoms with Gasteiger partial charge in [0.25, 0.3) is 0 Å². The Kier molecular flexibility index (Phi) is 6.18. The molecular weight excluding hydrogens is 480 g/mol. The first kappa shape index (κ1) is 23.7. The van der Waals surface area contributed by atoms with E-state index in [0.29, 0.717) is 59.3 Å². The van der Waals surface area contributed by atoms with Crippen LogP contribution in [0.2, 0.25) is 0 Å². The molecule has 0 saturated carbocycles. The number of esters is 1. The number of carbonyl (C=O) groups excluding carboxylic acids is 1. The molecule has 9 nitrogen and oxygen atoms in total. The van der Waals surface area contributed by atoms with Crippen LogP contribution in [0.5, 0.6) is 28.7 Å². The fourth-order valence-electron chi connectivity index (χ4n) is 5.26. The van der Waals surface area contributed by atoms with Crippen LogP contribution in [-0.4, -0.2) is 59.7 Å². The van der Waals surface area contributed by atoms with Gasteiger partial charge in [-0.2, -0.15) is 0 Å². The van der Waals surface area contributed by atoms with Crippen LogP contribution in [0.4, 0.5) is 0 Å². The lowest BCUT2D eigenvalue weighted by Gasteiger charge is -2.31. The molecule has 0 radical (unpaired) electrons. The first-order valence-corrected chi connectivity index (χ1v) is 12.2. The molecule has 1 fully saturated rings. The maximum absolute atomic E-state index is 13.3. The van der Waals surface area contributed by atoms with Gasteiger partial charge in [-0.25, -0.2) is 4.79 Å². The Hall–Kier alpha value is -3.69. The molecule has 2 atom stereocenters. The summed E-state index contributed by atoms with van der Waals surface area (Å²) in [6.45, 7) is 0.937. The van der Waals surface area contributed by atoms with Gasteiger partial charge < -0.3 is 37.9 Å². The van der Waals surface area contributed by atoms with E-state index in [9.17, 15) is 4.79 Å². The second-order valence-electron chi connectivity index (χ2n) is 9.06. The van der Waals surface area contributed by atoms with Gasteiger partial charge in [0.15, 0.2) is 23.0 Å². The maximum atomic E-state index is 13.3. The average Bonchev–Trinajstić information content (AvgIpc) is 3.41. The molecule has 1 saturated heterocycles.